The van der Waals surface area contributed by atoms with E-state index in [-0.39, 0.29) is 17.6 Å². The maximum absolute atomic E-state index is 6.11. The smallest absolute Gasteiger partial charge is 0.209 e. The molecule has 2 unspecified atom stereocenters. The third-order valence-electron chi connectivity index (χ3n) is 3.78. The zero-order valence-electron chi connectivity index (χ0n) is 12.4. The highest BCUT2D eigenvalue weighted by Crippen LogP contribution is 2.39. The maximum Gasteiger partial charge on any atom is 0.209 e. The van der Waals surface area contributed by atoms with Gasteiger partial charge in [0.2, 0.25) is 5.79 Å². The summed E-state index contributed by atoms with van der Waals surface area (Å²) in [6.45, 7) is 10.6. The average Bonchev–Trinajstić information content (AvgIpc) is 2.65. The summed E-state index contributed by atoms with van der Waals surface area (Å²) in [6.07, 6.45) is 0.113. The van der Waals surface area contributed by atoms with Gasteiger partial charge in [-0.2, -0.15) is 0 Å². The van der Waals surface area contributed by atoms with Crippen molar-refractivity contribution in [2.24, 2.45) is 0 Å². The van der Waals surface area contributed by atoms with Crippen molar-refractivity contribution < 1.29 is 9.47 Å². The summed E-state index contributed by atoms with van der Waals surface area (Å²) < 4.78 is 11.9. The summed E-state index contributed by atoms with van der Waals surface area (Å²) in [7, 11) is 0. The van der Waals surface area contributed by atoms with Crippen molar-refractivity contribution >= 4 is 11.6 Å². The summed E-state index contributed by atoms with van der Waals surface area (Å²) in [5.41, 5.74) is 2.43. The Morgan fingerprint density at radius 2 is 1.53 bits per heavy atom. The minimum atomic E-state index is -0.795. The van der Waals surface area contributed by atoms with Crippen LogP contribution in [0.3, 0.4) is 0 Å². The molecule has 1 aliphatic heterocycles. The molecule has 1 heterocycles. The SMILES string of the molecule is CC1OC(CCl)(c2ccc(C(C)(C)C)cc2)OC1C. The van der Waals surface area contributed by atoms with Crippen LogP contribution in [0.15, 0.2) is 24.3 Å². The molecule has 1 fully saturated rings. The number of halogens is 1. The molecular weight excluding hydrogens is 260 g/mol. The molecule has 0 aliphatic carbocycles. The zero-order valence-corrected chi connectivity index (χ0v) is 13.1. The third kappa shape index (κ3) is 2.81. The van der Waals surface area contributed by atoms with Crippen LogP contribution in [0.25, 0.3) is 0 Å². The molecule has 106 valence electrons. The first-order valence-electron chi connectivity index (χ1n) is 6.81. The second-order valence-electron chi connectivity index (χ2n) is 6.36. The van der Waals surface area contributed by atoms with Gasteiger partial charge < -0.3 is 9.47 Å². The van der Waals surface area contributed by atoms with E-state index in [0.717, 1.165) is 5.56 Å². The summed E-state index contributed by atoms with van der Waals surface area (Å²) >= 11 is 6.11. The van der Waals surface area contributed by atoms with Crippen LogP contribution in [0.5, 0.6) is 0 Å². The van der Waals surface area contributed by atoms with Gasteiger partial charge in [0.15, 0.2) is 0 Å². The molecular formula is C16H23ClO2. The molecule has 0 aromatic heterocycles. The van der Waals surface area contributed by atoms with Crippen molar-refractivity contribution in [3.8, 4) is 0 Å². The molecule has 0 radical (unpaired) electrons. The van der Waals surface area contributed by atoms with Gasteiger partial charge in [0.1, 0.15) is 0 Å². The fourth-order valence-corrected chi connectivity index (χ4v) is 2.60. The topological polar surface area (TPSA) is 18.5 Å². The summed E-state index contributed by atoms with van der Waals surface area (Å²) in [6, 6.07) is 8.38. The largest absolute Gasteiger partial charge is 0.339 e. The van der Waals surface area contributed by atoms with Crippen LogP contribution in [0, 0.1) is 0 Å². The Hall–Kier alpha value is -0.570. The van der Waals surface area contributed by atoms with Crippen LogP contribution in [-0.4, -0.2) is 18.1 Å². The van der Waals surface area contributed by atoms with E-state index in [4.69, 9.17) is 21.1 Å². The van der Waals surface area contributed by atoms with E-state index in [1.165, 1.54) is 5.56 Å². The summed E-state index contributed by atoms with van der Waals surface area (Å²) in [5.74, 6) is -0.493. The highest BCUT2D eigenvalue weighted by atomic mass is 35.5. The molecule has 0 saturated carbocycles. The molecule has 0 amide bonds. The van der Waals surface area contributed by atoms with Crippen LogP contribution in [0.2, 0.25) is 0 Å². The Kier molecular flexibility index (Phi) is 3.97. The molecule has 0 spiro atoms. The lowest BCUT2D eigenvalue weighted by Gasteiger charge is -2.27. The Bertz CT molecular complexity index is 423. The lowest BCUT2D eigenvalue weighted by atomic mass is 9.86. The minimum absolute atomic E-state index is 0.0565. The molecule has 0 N–H and O–H groups in total. The van der Waals surface area contributed by atoms with E-state index in [1.807, 2.05) is 13.8 Å². The molecule has 1 saturated heterocycles. The fraction of sp³-hybridized carbons (Fsp3) is 0.625. The first-order valence-corrected chi connectivity index (χ1v) is 7.34. The zero-order chi connectivity index (χ0) is 14.3. The number of alkyl halides is 1. The van der Waals surface area contributed by atoms with Crippen LogP contribution >= 0.6 is 11.6 Å². The van der Waals surface area contributed by atoms with Gasteiger partial charge in [0, 0.05) is 5.56 Å². The number of rotatable bonds is 2. The standard InChI is InChI=1S/C16H23ClO2/c1-11-12(2)19-16(10-17,18-11)14-8-6-13(7-9-14)15(3,4)5/h6-9,11-12H,10H2,1-5H3. The van der Waals surface area contributed by atoms with Crippen molar-refractivity contribution in [2.75, 3.05) is 5.88 Å². The molecule has 1 aromatic carbocycles. The van der Waals surface area contributed by atoms with E-state index in [1.54, 1.807) is 0 Å². The van der Waals surface area contributed by atoms with Crippen LogP contribution in [0.1, 0.15) is 45.7 Å². The summed E-state index contributed by atoms with van der Waals surface area (Å²) in [5, 5.41) is 0. The lowest BCUT2D eigenvalue weighted by Crippen LogP contribution is -2.30. The van der Waals surface area contributed by atoms with Crippen molar-refractivity contribution in [2.45, 2.75) is 58.0 Å². The molecule has 3 heteroatoms. The third-order valence-corrected chi connectivity index (χ3v) is 4.13. The minimum Gasteiger partial charge on any atom is -0.339 e. The van der Waals surface area contributed by atoms with Gasteiger partial charge in [-0.25, -0.2) is 0 Å². The van der Waals surface area contributed by atoms with Gasteiger partial charge in [-0.3, -0.25) is 0 Å². The Morgan fingerprint density at radius 3 is 1.89 bits per heavy atom. The lowest BCUT2D eigenvalue weighted by molar-refractivity contribution is -0.163. The van der Waals surface area contributed by atoms with E-state index >= 15 is 0 Å². The molecule has 1 aliphatic rings. The van der Waals surface area contributed by atoms with Gasteiger partial charge >= 0.3 is 0 Å². The Morgan fingerprint density at radius 1 is 1.05 bits per heavy atom. The maximum atomic E-state index is 6.11. The Labute approximate surface area is 121 Å². The van der Waals surface area contributed by atoms with Crippen LogP contribution in [-0.2, 0) is 20.7 Å². The van der Waals surface area contributed by atoms with Gasteiger partial charge in [-0.1, -0.05) is 45.0 Å². The highest BCUT2D eigenvalue weighted by Gasteiger charge is 2.45. The molecule has 1 aromatic rings. The normalized spacial score (nSPS) is 31.7. The van der Waals surface area contributed by atoms with Crippen molar-refractivity contribution in [1.29, 1.82) is 0 Å². The second-order valence-corrected chi connectivity index (χ2v) is 6.63. The monoisotopic (exact) mass is 282 g/mol. The first kappa shape index (κ1) is 14.8. The highest BCUT2D eigenvalue weighted by molar-refractivity contribution is 6.18. The molecule has 2 nitrogen and oxygen atoms in total. The molecule has 19 heavy (non-hydrogen) atoms. The average molecular weight is 283 g/mol. The molecule has 2 atom stereocenters. The molecule has 0 bridgehead atoms. The number of benzene rings is 1. The van der Waals surface area contributed by atoms with Crippen molar-refractivity contribution in [3.05, 3.63) is 35.4 Å². The van der Waals surface area contributed by atoms with Gasteiger partial charge in [-0.15, -0.1) is 11.6 Å². The first-order chi connectivity index (χ1) is 8.78. The Balaban J connectivity index is 2.31. The van der Waals surface area contributed by atoms with E-state index in [2.05, 4.69) is 45.0 Å². The van der Waals surface area contributed by atoms with E-state index in [9.17, 15) is 0 Å². The number of hydrogen-bond acceptors (Lipinski definition) is 2. The summed E-state index contributed by atoms with van der Waals surface area (Å²) in [4.78, 5) is 0. The number of hydrogen-bond donors (Lipinski definition) is 0. The predicted molar refractivity (Wildman–Crippen MR) is 78.6 cm³/mol. The van der Waals surface area contributed by atoms with Crippen LogP contribution < -0.4 is 0 Å². The second kappa shape index (κ2) is 5.08. The van der Waals surface area contributed by atoms with Gasteiger partial charge in [0.05, 0.1) is 18.1 Å². The van der Waals surface area contributed by atoms with Gasteiger partial charge in [0.25, 0.3) is 0 Å². The van der Waals surface area contributed by atoms with E-state index in [0.29, 0.717) is 5.88 Å². The van der Waals surface area contributed by atoms with Crippen LogP contribution in [0.4, 0.5) is 0 Å². The van der Waals surface area contributed by atoms with Crippen molar-refractivity contribution in [3.63, 3.8) is 0 Å². The molecule has 2 rings (SSSR count). The fourth-order valence-electron chi connectivity index (χ4n) is 2.32. The van der Waals surface area contributed by atoms with Gasteiger partial charge in [-0.05, 0) is 24.8 Å². The quantitative estimate of drug-likeness (QED) is 0.757. The van der Waals surface area contributed by atoms with Crippen molar-refractivity contribution in [1.82, 2.24) is 0 Å². The number of ether oxygens (including phenoxy) is 2. The predicted octanol–water partition coefficient (Wildman–Crippen LogP) is 4.20. The van der Waals surface area contributed by atoms with E-state index < -0.39 is 5.79 Å².